The van der Waals surface area contributed by atoms with E-state index >= 15 is 0 Å². The van der Waals surface area contributed by atoms with Crippen LogP contribution in [0, 0.1) is 0 Å². The molecule has 76 valence electrons. The zero-order valence-corrected chi connectivity index (χ0v) is 12.1. The Hall–Kier alpha value is 0.0529. The van der Waals surface area contributed by atoms with Gasteiger partial charge in [-0.3, -0.25) is 0 Å². The van der Waals surface area contributed by atoms with Gasteiger partial charge in [0.05, 0.1) is 0 Å². The molecule has 0 spiro atoms. The van der Waals surface area contributed by atoms with Crippen molar-refractivity contribution in [1.82, 2.24) is 0 Å². The first-order valence-corrected chi connectivity index (χ1v) is 8.88. The molecular weight excluding hydrogens is 252 g/mol. The molecular formula is C12H17ClGe. The van der Waals surface area contributed by atoms with Gasteiger partial charge in [0, 0.05) is 0 Å². The molecule has 0 saturated carbocycles. The van der Waals surface area contributed by atoms with Crippen LogP contribution < -0.4 is 4.40 Å². The summed E-state index contributed by atoms with van der Waals surface area (Å²) in [5.74, 6) is 1.18. The van der Waals surface area contributed by atoms with Crippen LogP contribution in [0.4, 0.5) is 0 Å². The zero-order chi connectivity index (χ0) is 10.7. The second kappa shape index (κ2) is 5.22. The normalized spacial score (nSPS) is 11.4. The van der Waals surface area contributed by atoms with Crippen LogP contribution in [0.3, 0.4) is 0 Å². The van der Waals surface area contributed by atoms with E-state index in [1.807, 2.05) is 0 Å². The third kappa shape index (κ3) is 2.55. The van der Waals surface area contributed by atoms with Crippen molar-refractivity contribution >= 4 is 28.9 Å². The van der Waals surface area contributed by atoms with Crippen molar-refractivity contribution in [2.75, 3.05) is 0 Å². The standard InChI is InChI=1S/C12H17ClGe/c1-8(2)10-6-5-7-11(9(3)4)12(10)14-13/h5-9H,1-4H3. The van der Waals surface area contributed by atoms with Crippen LogP contribution in [0.25, 0.3) is 0 Å². The molecule has 0 saturated heterocycles. The van der Waals surface area contributed by atoms with Gasteiger partial charge in [-0.05, 0) is 0 Å². The molecule has 0 aromatic heterocycles. The second-order valence-corrected chi connectivity index (χ2v) is 6.64. The van der Waals surface area contributed by atoms with Gasteiger partial charge in [0.2, 0.25) is 0 Å². The number of hydrogen-bond acceptors (Lipinski definition) is 0. The van der Waals surface area contributed by atoms with Crippen molar-refractivity contribution in [3.05, 3.63) is 29.3 Å². The molecule has 2 heteroatoms. The maximum absolute atomic E-state index is 6.15. The van der Waals surface area contributed by atoms with E-state index in [1.165, 1.54) is 15.5 Å². The Labute approximate surface area is 97.7 Å². The average molecular weight is 269 g/mol. The van der Waals surface area contributed by atoms with Gasteiger partial charge in [0.1, 0.15) is 0 Å². The number of rotatable bonds is 3. The van der Waals surface area contributed by atoms with E-state index in [4.69, 9.17) is 10.0 Å². The first kappa shape index (κ1) is 12.1. The summed E-state index contributed by atoms with van der Waals surface area (Å²) in [6.45, 7) is 8.95. The molecule has 1 aromatic rings. The van der Waals surface area contributed by atoms with Crippen LogP contribution in [0.1, 0.15) is 50.7 Å². The fourth-order valence-electron chi connectivity index (χ4n) is 1.66. The van der Waals surface area contributed by atoms with Gasteiger partial charge in [0.15, 0.2) is 0 Å². The van der Waals surface area contributed by atoms with Gasteiger partial charge in [-0.1, -0.05) is 0 Å². The molecule has 0 nitrogen and oxygen atoms in total. The van der Waals surface area contributed by atoms with Crippen LogP contribution in [0.2, 0.25) is 0 Å². The molecule has 0 amide bonds. The van der Waals surface area contributed by atoms with Crippen LogP contribution in [0.5, 0.6) is 0 Å². The Morgan fingerprint density at radius 3 is 1.71 bits per heavy atom. The molecule has 0 heterocycles. The van der Waals surface area contributed by atoms with Crippen molar-refractivity contribution in [1.29, 1.82) is 0 Å². The minimum absolute atomic E-state index is 0.459. The maximum atomic E-state index is 6.15. The summed E-state index contributed by atoms with van der Waals surface area (Å²) < 4.78 is 1.46. The van der Waals surface area contributed by atoms with E-state index in [2.05, 4.69) is 45.9 Å². The van der Waals surface area contributed by atoms with Gasteiger partial charge in [-0.2, -0.15) is 0 Å². The molecule has 0 unspecified atom stereocenters. The van der Waals surface area contributed by atoms with Gasteiger partial charge in [0.25, 0.3) is 0 Å². The summed E-state index contributed by atoms with van der Waals surface area (Å²) in [6, 6.07) is 6.60. The summed E-state index contributed by atoms with van der Waals surface area (Å²) in [4.78, 5) is 0. The topological polar surface area (TPSA) is 0 Å². The quantitative estimate of drug-likeness (QED) is 0.738. The molecule has 14 heavy (non-hydrogen) atoms. The van der Waals surface area contributed by atoms with Crippen LogP contribution in [-0.2, 0) is 0 Å². The molecule has 0 aliphatic rings. The summed E-state index contributed by atoms with van der Waals surface area (Å²) in [7, 11) is 6.15. The fraction of sp³-hybridized carbons (Fsp3) is 0.500. The molecule has 0 fully saturated rings. The Bertz CT molecular complexity index is 279. The SMILES string of the molecule is CC(C)c1cccc(C(C)C)[c]1[Ge][Cl]. The Balaban J connectivity index is 3.25. The van der Waals surface area contributed by atoms with Gasteiger partial charge >= 0.3 is 97.8 Å². The third-order valence-corrected chi connectivity index (χ3v) is 5.06. The van der Waals surface area contributed by atoms with Gasteiger partial charge in [-0.25, -0.2) is 0 Å². The predicted molar refractivity (Wildman–Crippen MR) is 65.9 cm³/mol. The molecule has 0 bridgehead atoms. The van der Waals surface area contributed by atoms with E-state index in [0.29, 0.717) is 11.8 Å². The van der Waals surface area contributed by atoms with Crippen molar-refractivity contribution in [2.45, 2.75) is 39.5 Å². The molecule has 1 aromatic carbocycles. The van der Waals surface area contributed by atoms with Crippen LogP contribution in [0.15, 0.2) is 18.2 Å². The molecule has 0 atom stereocenters. The molecule has 0 aliphatic heterocycles. The monoisotopic (exact) mass is 270 g/mol. The molecule has 0 aliphatic carbocycles. The molecule has 1 rings (SSSR count). The molecule has 2 radical (unpaired) electrons. The summed E-state index contributed by atoms with van der Waals surface area (Å²) >= 11 is -0.459. The minimum atomic E-state index is -0.459. The Morgan fingerprint density at radius 1 is 1.00 bits per heavy atom. The Kier molecular flexibility index (Phi) is 4.52. The van der Waals surface area contributed by atoms with E-state index in [-0.39, 0.29) is 0 Å². The second-order valence-electron chi connectivity index (χ2n) is 4.22. The van der Waals surface area contributed by atoms with Crippen molar-refractivity contribution in [3.63, 3.8) is 0 Å². The van der Waals surface area contributed by atoms with Crippen molar-refractivity contribution in [3.8, 4) is 0 Å². The van der Waals surface area contributed by atoms with Crippen LogP contribution >= 0.6 is 10.0 Å². The van der Waals surface area contributed by atoms with E-state index < -0.39 is 14.5 Å². The fourth-order valence-corrected chi connectivity index (χ4v) is 4.81. The van der Waals surface area contributed by atoms with E-state index in [1.54, 1.807) is 0 Å². The summed E-state index contributed by atoms with van der Waals surface area (Å²) in [5, 5.41) is 0. The molecule has 0 N–H and O–H groups in total. The number of halogens is 1. The number of benzene rings is 1. The van der Waals surface area contributed by atoms with Gasteiger partial charge < -0.3 is 0 Å². The summed E-state index contributed by atoms with van der Waals surface area (Å²) in [6.07, 6.45) is 0. The first-order chi connectivity index (χ1) is 6.57. The average Bonchev–Trinajstić information content (AvgIpc) is 2.16. The van der Waals surface area contributed by atoms with Crippen LogP contribution in [-0.4, -0.2) is 14.5 Å². The first-order valence-electron chi connectivity index (χ1n) is 5.07. The van der Waals surface area contributed by atoms with E-state index in [0.717, 1.165) is 0 Å². The zero-order valence-electron chi connectivity index (χ0n) is 9.26. The third-order valence-electron chi connectivity index (χ3n) is 2.47. The van der Waals surface area contributed by atoms with Crippen molar-refractivity contribution < 1.29 is 0 Å². The summed E-state index contributed by atoms with van der Waals surface area (Å²) in [5.41, 5.74) is 2.90. The Morgan fingerprint density at radius 2 is 1.43 bits per heavy atom. The predicted octanol–water partition coefficient (Wildman–Crippen LogP) is 3.42. The number of hydrogen-bond donors (Lipinski definition) is 0. The van der Waals surface area contributed by atoms with Gasteiger partial charge in [-0.15, -0.1) is 0 Å². The van der Waals surface area contributed by atoms with E-state index in [9.17, 15) is 0 Å². The van der Waals surface area contributed by atoms with Crippen molar-refractivity contribution in [2.24, 2.45) is 0 Å².